The van der Waals surface area contributed by atoms with Crippen molar-refractivity contribution in [3.8, 4) is 5.75 Å². The molecule has 15 heavy (non-hydrogen) atoms. The molecule has 0 fully saturated rings. The van der Waals surface area contributed by atoms with Crippen molar-refractivity contribution in [1.82, 2.24) is 0 Å². The maximum Gasteiger partial charge on any atom is 0.119 e. The average molecular weight is 211 g/mol. The van der Waals surface area contributed by atoms with Gasteiger partial charge in [-0.3, -0.25) is 0 Å². The van der Waals surface area contributed by atoms with Gasteiger partial charge in [-0.2, -0.15) is 0 Å². The minimum atomic E-state index is -0.188. The van der Waals surface area contributed by atoms with Gasteiger partial charge in [0.1, 0.15) is 5.75 Å². The molecule has 0 aliphatic heterocycles. The van der Waals surface area contributed by atoms with E-state index in [1.807, 2.05) is 24.3 Å². The van der Waals surface area contributed by atoms with Crippen LogP contribution in [0.2, 0.25) is 0 Å². The Morgan fingerprint density at radius 1 is 1.47 bits per heavy atom. The molecule has 3 N–H and O–H groups in total. The number of aliphatic hydroxyl groups is 1. The van der Waals surface area contributed by atoms with Gasteiger partial charge < -0.3 is 20.3 Å². The lowest BCUT2D eigenvalue weighted by molar-refractivity contribution is 0.0328. The van der Waals surface area contributed by atoms with Gasteiger partial charge in [-0.1, -0.05) is 12.1 Å². The van der Waals surface area contributed by atoms with E-state index in [4.69, 9.17) is 20.3 Å². The monoisotopic (exact) mass is 211 g/mol. The minimum absolute atomic E-state index is 0.000465. The third kappa shape index (κ3) is 3.51. The zero-order valence-electron chi connectivity index (χ0n) is 8.85. The van der Waals surface area contributed by atoms with E-state index in [-0.39, 0.29) is 12.7 Å². The van der Waals surface area contributed by atoms with Gasteiger partial charge in [-0.15, -0.1) is 0 Å². The number of ether oxygens (including phenoxy) is 2. The average Bonchev–Trinajstić information content (AvgIpc) is 2.30. The second-order valence-electron chi connectivity index (χ2n) is 3.10. The lowest BCUT2D eigenvalue weighted by atomic mass is 10.1. The summed E-state index contributed by atoms with van der Waals surface area (Å²) in [4.78, 5) is 0. The second kappa shape index (κ2) is 6.40. The first-order valence-electron chi connectivity index (χ1n) is 4.88. The fraction of sp³-hybridized carbons (Fsp3) is 0.455. The summed E-state index contributed by atoms with van der Waals surface area (Å²) >= 11 is 0. The van der Waals surface area contributed by atoms with E-state index in [0.29, 0.717) is 13.2 Å². The Bertz CT molecular complexity index is 291. The van der Waals surface area contributed by atoms with Crippen LogP contribution in [0.3, 0.4) is 0 Å². The Kier molecular flexibility index (Phi) is 5.10. The van der Waals surface area contributed by atoms with Gasteiger partial charge in [0, 0.05) is 6.54 Å². The summed E-state index contributed by atoms with van der Waals surface area (Å²) in [5.41, 5.74) is 6.55. The Hall–Kier alpha value is -1.10. The SMILES string of the molecule is COc1cccc(C(CN)OCCO)c1. The number of rotatable bonds is 6. The lowest BCUT2D eigenvalue weighted by Crippen LogP contribution is -2.17. The summed E-state index contributed by atoms with van der Waals surface area (Å²) in [7, 11) is 1.62. The molecule has 1 unspecified atom stereocenters. The highest BCUT2D eigenvalue weighted by atomic mass is 16.5. The first-order chi connectivity index (χ1) is 7.31. The van der Waals surface area contributed by atoms with Gasteiger partial charge in [0.05, 0.1) is 26.4 Å². The molecule has 0 spiro atoms. The van der Waals surface area contributed by atoms with E-state index in [0.717, 1.165) is 11.3 Å². The summed E-state index contributed by atoms with van der Waals surface area (Å²) in [6.07, 6.45) is -0.188. The molecule has 1 atom stereocenters. The highest BCUT2D eigenvalue weighted by molar-refractivity contribution is 5.30. The fourth-order valence-corrected chi connectivity index (χ4v) is 1.34. The third-order valence-electron chi connectivity index (χ3n) is 2.09. The van der Waals surface area contributed by atoms with E-state index in [2.05, 4.69) is 0 Å². The van der Waals surface area contributed by atoms with Gasteiger partial charge in [0.25, 0.3) is 0 Å². The smallest absolute Gasteiger partial charge is 0.119 e. The van der Waals surface area contributed by atoms with Crippen molar-refractivity contribution in [2.75, 3.05) is 26.9 Å². The van der Waals surface area contributed by atoms with Crippen molar-refractivity contribution in [2.45, 2.75) is 6.10 Å². The molecule has 0 amide bonds. The molecule has 0 heterocycles. The molecule has 1 rings (SSSR count). The van der Waals surface area contributed by atoms with Crippen LogP contribution in [-0.2, 0) is 4.74 Å². The highest BCUT2D eigenvalue weighted by Gasteiger charge is 2.10. The van der Waals surface area contributed by atoms with Crippen molar-refractivity contribution in [3.05, 3.63) is 29.8 Å². The molecule has 0 bridgehead atoms. The molecule has 0 saturated carbocycles. The number of benzene rings is 1. The van der Waals surface area contributed by atoms with Gasteiger partial charge >= 0.3 is 0 Å². The Balaban J connectivity index is 2.72. The number of methoxy groups -OCH3 is 1. The molecule has 1 aromatic carbocycles. The van der Waals surface area contributed by atoms with Crippen molar-refractivity contribution in [1.29, 1.82) is 0 Å². The molecular weight excluding hydrogens is 194 g/mol. The van der Waals surface area contributed by atoms with Crippen LogP contribution < -0.4 is 10.5 Å². The first-order valence-corrected chi connectivity index (χ1v) is 4.88. The molecule has 0 radical (unpaired) electrons. The molecule has 0 saturated heterocycles. The van der Waals surface area contributed by atoms with Crippen molar-refractivity contribution in [2.24, 2.45) is 5.73 Å². The van der Waals surface area contributed by atoms with Crippen LogP contribution in [0.4, 0.5) is 0 Å². The largest absolute Gasteiger partial charge is 0.497 e. The molecular formula is C11H17NO3. The topological polar surface area (TPSA) is 64.7 Å². The van der Waals surface area contributed by atoms with Crippen LogP contribution in [0.15, 0.2) is 24.3 Å². The maximum absolute atomic E-state index is 8.67. The van der Waals surface area contributed by atoms with Crippen molar-refractivity contribution < 1.29 is 14.6 Å². The second-order valence-corrected chi connectivity index (χ2v) is 3.10. The molecule has 84 valence electrons. The molecule has 4 nitrogen and oxygen atoms in total. The summed E-state index contributed by atoms with van der Waals surface area (Å²) in [6, 6.07) is 7.56. The molecule has 1 aromatic rings. The van der Waals surface area contributed by atoms with Crippen LogP contribution in [0.5, 0.6) is 5.75 Å². The summed E-state index contributed by atoms with van der Waals surface area (Å²) in [6.45, 7) is 0.673. The Labute approximate surface area is 89.6 Å². The number of hydrogen-bond acceptors (Lipinski definition) is 4. The van der Waals surface area contributed by atoms with Gasteiger partial charge in [-0.05, 0) is 17.7 Å². The van der Waals surface area contributed by atoms with E-state index >= 15 is 0 Å². The normalized spacial score (nSPS) is 12.5. The quantitative estimate of drug-likeness (QED) is 0.727. The van der Waals surface area contributed by atoms with Crippen LogP contribution in [-0.4, -0.2) is 32.0 Å². The standard InChI is InChI=1S/C11H17NO3/c1-14-10-4-2-3-9(7-10)11(8-12)15-6-5-13/h2-4,7,11,13H,5-6,8,12H2,1H3. The van der Waals surface area contributed by atoms with E-state index in [9.17, 15) is 0 Å². The Morgan fingerprint density at radius 2 is 2.27 bits per heavy atom. The maximum atomic E-state index is 8.67. The third-order valence-corrected chi connectivity index (χ3v) is 2.09. The molecule has 4 heteroatoms. The van der Waals surface area contributed by atoms with Gasteiger partial charge in [0.15, 0.2) is 0 Å². The number of aliphatic hydroxyl groups excluding tert-OH is 1. The summed E-state index contributed by atoms with van der Waals surface area (Å²) in [5.74, 6) is 0.776. The fourth-order valence-electron chi connectivity index (χ4n) is 1.34. The molecule has 0 aromatic heterocycles. The van der Waals surface area contributed by atoms with E-state index < -0.39 is 0 Å². The van der Waals surface area contributed by atoms with Crippen molar-refractivity contribution in [3.63, 3.8) is 0 Å². The number of nitrogens with two attached hydrogens (primary N) is 1. The number of hydrogen-bond donors (Lipinski definition) is 2. The zero-order chi connectivity index (χ0) is 11.1. The Morgan fingerprint density at radius 3 is 2.87 bits per heavy atom. The highest BCUT2D eigenvalue weighted by Crippen LogP contribution is 2.20. The van der Waals surface area contributed by atoms with Crippen LogP contribution in [0, 0.1) is 0 Å². The summed E-state index contributed by atoms with van der Waals surface area (Å²) in [5, 5.41) is 8.67. The van der Waals surface area contributed by atoms with E-state index in [1.165, 1.54) is 0 Å². The molecule has 0 aliphatic carbocycles. The first kappa shape index (κ1) is 12.0. The van der Waals surface area contributed by atoms with E-state index in [1.54, 1.807) is 7.11 Å². The molecule has 0 aliphatic rings. The predicted octanol–water partition coefficient (Wildman–Crippen LogP) is 0.704. The minimum Gasteiger partial charge on any atom is -0.497 e. The lowest BCUT2D eigenvalue weighted by Gasteiger charge is -2.16. The van der Waals surface area contributed by atoms with Gasteiger partial charge in [0.2, 0.25) is 0 Å². The zero-order valence-corrected chi connectivity index (χ0v) is 8.85. The van der Waals surface area contributed by atoms with Gasteiger partial charge in [-0.25, -0.2) is 0 Å². The van der Waals surface area contributed by atoms with Crippen LogP contribution in [0.25, 0.3) is 0 Å². The van der Waals surface area contributed by atoms with Crippen LogP contribution in [0.1, 0.15) is 11.7 Å². The van der Waals surface area contributed by atoms with Crippen molar-refractivity contribution >= 4 is 0 Å². The summed E-state index contributed by atoms with van der Waals surface area (Å²) < 4.78 is 10.5. The predicted molar refractivity (Wildman–Crippen MR) is 57.8 cm³/mol. The van der Waals surface area contributed by atoms with Crippen LogP contribution >= 0.6 is 0 Å².